The average molecular weight is 555 g/mol. The van der Waals surface area contributed by atoms with Crippen molar-refractivity contribution in [3.63, 3.8) is 0 Å². The second-order valence-corrected chi connectivity index (χ2v) is 8.53. The van der Waals surface area contributed by atoms with E-state index in [1.165, 1.54) is 0 Å². The van der Waals surface area contributed by atoms with Crippen LogP contribution in [0.4, 0.5) is 5.69 Å². The van der Waals surface area contributed by atoms with Crippen molar-refractivity contribution in [2.75, 3.05) is 45.7 Å². The van der Waals surface area contributed by atoms with Gasteiger partial charge in [-0.05, 0) is 32.0 Å². The van der Waals surface area contributed by atoms with Crippen molar-refractivity contribution < 1.29 is 47.4 Å². The molecule has 2 heterocycles. The van der Waals surface area contributed by atoms with E-state index in [4.69, 9.17) is 4.42 Å². The van der Waals surface area contributed by atoms with Crippen LogP contribution in [-0.4, -0.2) is 45.3 Å². The van der Waals surface area contributed by atoms with E-state index in [0.717, 1.165) is 53.7 Å². The molecule has 0 aliphatic rings. The molecule has 3 rings (SSSR count). The van der Waals surface area contributed by atoms with Crippen LogP contribution >= 0.6 is 0 Å². The minimum atomic E-state index is -0.294. The lowest BCUT2D eigenvalue weighted by atomic mass is 10.1. The van der Waals surface area contributed by atoms with Gasteiger partial charge in [-0.1, -0.05) is 0 Å². The highest BCUT2D eigenvalue weighted by atomic mass is 79.9. The predicted molar refractivity (Wildman–Crippen MR) is 119 cm³/mol. The van der Waals surface area contributed by atoms with Gasteiger partial charge >= 0.3 is 5.63 Å². The maximum absolute atomic E-state index is 12.6. The maximum atomic E-state index is 12.6. The van der Waals surface area contributed by atoms with Crippen molar-refractivity contribution in [3.8, 4) is 11.1 Å². The Kier molecular flexibility index (Phi) is 10.4. The molecule has 3 aromatic rings. The minimum Gasteiger partial charge on any atom is -1.00 e. The van der Waals surface area contributed by atoms with Gasteiger partial charge in [-0.2, -0.15) is 0 Å². The second kappa shape index (κ2) is 11.8. The Labute approximate surface area is 206 Å². The van der Waals surface area contributed by atoms with Gasteiger partial charge < -0.3 is 47.8 Å². The fourth-order valence-corrected chi connectivity index (χ4v) is 3.60. The molecule has 0 saturated carbocycles. The Morgan fingerprint density at radius 2 is 1.61 bits per heavy atom. The first kappa shape index (κ1) is 27.3. The molecule has 0 aliphatic carbocycles. The summed E-state index contributed by atoms with van der Waals surface area (Å²) >= 11 is 0. The largest absolute Gasteiger partial charge is 1.00 e. The number of anilines is 1. The maximum Gasteiger partial charge on any atom is 0.344 e. The second-order valence-electron chi connectivity index (χ2n) is 8.53. The molecule has 0 atom stereocenters. The van der Waals surface area contributed by atoms with Gasteiger partial charge in [0.15, 0.2) is 18.9 Å². The quantitative estimate of drug-likeness (QED) is 0.179. The molecule has 0 radical (unpaired) electrons. The fourth-order valence-electron chi connectivity index (χ4n) is 3.60. The van der Waals surface area contributed by atoms with Crippen LogP contribution in [0.1, 0.15) is 20.3 Å². The molecular weight excluding hydrogens is 522 g/mol. The first-order valence-corrected chi connectivity index (χ1v) is 10.4. The molecule has 7 heteroatoms. The van der Waals surface area contributed by atoms with Crippen LogP contribution in [0.2, 0.25) is 0 Å². The van der Waals surface area contributed by atoms with Gasteiger partial charge in [-0.15, -0.1) is 0 Å². The van der Waals surface area contributed by atoms with Crippen molar-refractivity contribution in [1.82, 2.24) is 0 Å². The smallest absolute Gasteiger partial charge is 0.344 e. The van der Waals surface area contributed by atoms with E-state index in [9.17, 15) is 4.79 Å². The summed E-state index contributed by atoms with van der Waals surface area (Å²) in [5, 5.41) is 0.940. The number of fused-ring (bicyclic) bond motifs is 1. The third kappa shape index (κ3) is 7.16. The lowest BCUT2D eigenvalue weighted by molar-refractivity contribution is -0.873. The number of hydrogen-bond acceptors (Lipinski definition) is 3. The summed E-state index contributed by atoms with van der Waals surface area (Å²) in [6, 6.07) is 12.0. The molecule has 0 fully saturated rings. The van der Waals surface area contributed by atoms with Gasteiger partial charge in [0.05, 0.1) is 39.7 Å². The summed E-state index contributed by atoms with van der Waals surface area (Å²) in [6.45, 7) is 8.18. The van der Waals surface area contributed by atoms with Crippen LogP contribution < -0.4 is 49.1 Å². The zero-order chi connectivity index (χ0) is 21.0. The lowest BCUT2D eigenvalue weighted by Gasteiger charge is -2.22. The Hall–Kier alpha value is -1.70. The number of rotatable bonds is 8. The highest BCUT2D eigenvalue weighted by molar-refractivity contribution is 5.84. The van der Waals surface area contributed by atoms with Gasteiger partial charge in [0.1, 0.15) is 5.58 Å². The van der Waals surface area contributed by atoms with Crippen LogP contribution in [0.25, 0.3) is 22.1 Å². The molecule has 31 heavy (non-hydrogen) atoms. The molecule has 170 valence electrons. The van der Waals surface area contributed by atoms with E-state index in [2.05, 4.69) is 50.5 Å². The Balaban J connectivity index is 0.00000240. The van der Waals surface area contributed by atoms with Crippen molar-refractivity contribution in [3.05, 3.63) is 59.2 Å². The molecule has 0 N–H and O–H groups in total. The predicted octanol–water partition coefficient (Wildman–Crippen LogP) is -2.30. The van der Waals surface area contributed by atoms with Crippen LogP contribution in [-0.2, 0) is 6.54 Å². The topological polar surface area (TPSA) is 37.3 Å². The Morgan fingerprint density at radius 3 is 2.19 bits per heavy atom. The zero-order valence-corrected chi connectivity index (χ0v) is 22.2. The third-order valence-corrected chi connectivity index (χ3v) is 5.30. The van der Waals surface area contributed by atoms with Crippen molar-refractivity contribution >= 4 is 16.7 Å². The Bertz CT molecular complexity index is 1020. The molecule has 0 spiro atoms. The summed E-state index contributed by atoms with van der Waals surface area (Å²) in [5.41, 5.74) is 2.90. The number of nitrogens with zero attached hydrogens (tertiary/aromatic N) is 3. The van der Waals surface area contributed by atoms with E-state index >= 15 is 0 Å². The number of halogens is 2. The SMILES string of the molecule is CCN(CC)c1ccc2cc(-c3cc[n+](CCC[N+](C)(C)C)cc3)c(=O)oc2c1.[Br-].[Br-]. The van der Waals surface area contributed by atoms with Gasteiger partial charge in [0, 0.05) is 47.9 Å². The average Bonchev–Trinajstić information content (AvgIpc) is 2.68. The number of pyridine rings is 1. The first-order valence-electron chi connectivity index (χ1n) is 10.4. The van der Waals surface area contributed by atoms with E-state index in [1.807, 2.05) is 42.7 Å². The highest BCUT2D eigenvalue weighted by Gasteiger charge is 2.13. The van der Waals surface area contributed by atoms with E-state index in [-0.39, 0.29) is 39.6 Å². The molecule has 0 bridgehead atoms. The molecule has 2 aromatic heterocycles. The van der Waals surface area contributed by atoms with Crippen molar-refractivity contribution in [2.24, 2.45) is 0 Å². The van der Waals surface area contributed by atoms with E-state index in [0.29, 0.717) is 11.1 Å². The summed E-state index contributed by atoms with van der Waals surface area (Å²) in [4.78, 5) is 14.9. The molecule has 0 saturated heterocycles. The van der Waals surface area contributed by atoms with Crippen LogP contribution in [0.5, 0.6) is 0 Å². The highest BCUT2D eigenvalue weighted by Crippen LogP contribution is 2.24. The van der Waals surface area contributed by atoms with Crippen LogP contribution in [0.3, 0.4) is 0 Å². The summed E-state index contributed by atoms with van der Waals surface area (Å²) in [7, 11) is 6.62. The number of benzene rings is 1. The summed E-state index contributed by atoms with van der Waals surface area (Å²) in [6.07, 6.45) is 5.19. The van der Waals surface area contributed by atoms with E-state index in [1.54, 1.807) is 0 Å². The zero-order valence-electron chi connectivity index (χ0n) is 19.1. The monoisotopic (exact) mass is 553 g/mol. The molecule has 0 amide bonds. The molecule has 0 unspecified atom stereocenters. The number of hydrogen-bond donors (Lipinski definition) is 0. The first-order chi connectivity index (χ1) is 13.8. The van der Waals surface area contributed by atoms with Gasteiger partial charge in [0.25, 0.3) is 0 Å². The van der Waals surface area contributed by atoms with Gasteiger partial charge in [-0.25, -0.2) is 9.36 Å². The number of quaternary nitrogens is 1. The third-order valence-electron chi connectivity index (χ3n) is 5.30. The van der Waals surface area contributed by atoms with Crippen molar-refractivity contribution in [1.29, 1.82) is 0 Å². The van der Waals surface area contributed by atoms with Gasteiger partial charge in [-0.3, -0.25) is 0 Å². The minimum absolute atomic E-state index is 0. The Morgan fingerprint density at radius 1 is 0.968 bits per heavy atom. The lowest BCUT2D eigenvalue weighted by Crippen LogP contribution is -3.00. The summed E-state index contributed by atoms with van der Waals surface area (Å²) in [5.74, 6) is 0. The normalized spacial score (nSPS) is 11.0. The molecule has 5 nitrogen and oxygen atoms in total. The van der Waals surface area contributed by atoms with Gasteiger partial charge in [0.2, 0.25) is 0 Å². The van der Waals surface area contributed by atoms with E-state index < -0.39 is 0 Å². The van der Waals surface area contributed by atoms with Crippen molar-refractivity contribution in [2.45, 2.75) is 26.8 Å². The molecular formula is C24H33Br2N3O2. The summed E-state index contributed by atoms with van der Waals surface area (Å²) < 4.78 is 8.80. The number of aromatic nitrogens is 1. The van der Waals surface area contributed by atoms with Crippen LogP contribution in [0.15, 0.2) is 58.0 Å². The van der Waals surface area contributed by atoms with Crippen LogP contribution in [0, 0.1) is 0 Å². The fraction of sp³-hybridized carbons (Fsp3) is 0.417. The molecule has 0 aliphatic heterocycles. The standard InChI is InChI=1S/C24H33N3O2.2BrH/c1-6-26(7-2)21-10-9-20-17-22(24(28)29-23(20)18-21)19-11-14-25(15-12-19)13-8-16-27(3,4)5;;/h9-12,14-15,17-18H,6-8,13,16H2,1-5H3;2*1H/q+2;;/p-2. The molecule has 1 aromatic carbocycles. The number of aryl methyl sites for hydroxylation is 1.